The van der Waals surface area contributed by atoms with Gasteiger partial charge in [0.1, 0.15) is 17.7 Å². The van der Waals surface area contributed by atoms with E-state index >= 15 is 0 Å². The zero-order valence-electron chi connectivity index (χ0n) is 18.4. The van der Waals surface area contributed by atoms with Crippen molar-refractivity contribution >= 4 is 35.8 Å². The van der Waals surface area contributed by atoms with E-state index in [0.29, 0.717) is 6.54 Å². The molecule has 31 heavy (non-hydrogen) atoms. The second-order valence-electron chi connectivity index (χ2n) is 8.01. The number of para-hydroxylation sites is 1. The molecular formula is C24H34IN5O. The van der Waals surface area contributed by atoms with Gasteiger partial charge in [0.05, 0.1) is 6.54 Å². The summed E-state index contributed by atoms with van der Waals surface area (Å²) in [6.07, 6.45) is 6.80. The van der Waals surface area contributed by atoms with Crippen LogP contribution in [0, 0.1) is 0 Å². The van der Waals surface area contributed by atoms with Crippen LogP contribution in [0.25, 0.3) is 0 Å². The van der Waals surface area contributed by atoms with Crippen LogP contribution >= 0.6 is 24.0 Å². The number of hydrogen-bond acceptors (Lipinski definition) is 4. The average Bonchev–Trinajstić information content (AvgIpc) is 3.33. The Morgan fingerprint density at radius 2 is 1.81 bits per heavy atom. The SMILES string of the molecule is CCNC(=NCc1ccc(N2CCCC2)nc1)N1CCC(Oc2ccccc2)CC1.I. The number of aromatic nitrogens is 1. The van der Waals surface area contributed by atoms with E-state index < -0.39 is 0 Å². The van der Waals surface area contributed by atoms with Crippen molar-refractivity contribution in [1.82, 2.24) is 15.2 Å². The normalized spacial score (nSPS) is 17.4. The van der Waals surface area contributed by atoms with E-state index in [9.17, 15) is 0 Å². The monoisotopic (exact) mass is 535 g/mol. The minimum absolute atomic E-state index is 0. The van der Waals surface area contributed by atoms with Gasteiger partial charge in [-0.1, -0.05) is 24.3 Å². The molecule has 0 bridgehead atoms. The number of likely N-dealkylation sites (tertiary alicyclic amines) is 1. The van der Waals surface area contributed by atoms with Gasteiger partial charge in [-0.2, -0.15) is 0 Å². The molecule has 4 rings (SSSR count). The van der Waals surface area contributed by atoms with Crippen LogP contribution in [0.3, 0.4) is 0 Å². The zero-order valence-corrected chi connectivity index (χ0v) is 20.7. The molecule has 6 nitrogen and oxygen atoms in total. The number of benzene rings is 1. The van der Waals surface area contributed by atoms with Gasteiger partial charge in [0.15, 0.2) is 5.96 Å². The van der Waals surface area contributed by atoms with Gasteiger partial charge in [0, 0.05) is 51.8 Å². The fourth-order valence-corrected chi connectivity index (χ4v) is 4.11. The van der Waals surface area contributed by atoms with Crippen molar-refractivity contribution in [3.05, 3.63) is 54.2 Å². The van der Waals surface area contributed by atoms with Crippen LogP contribution in [0.15, 0.2) is 53.7 Å². The van der Waals surface area contributed by atoms with Gasteiger partial charge >= 0.3 is 0 Å². The summed E-state index contributed by atoms with van der Waals surface area (Å²) in [5, 5.41) is 3.45. The topological polar surface area (TPSA) is 53.0 Å². The lowest BCUT2D eigenvalue weighted by Crippen LogP contribution is -2.47. The van der Waals surface area contributed by atoms with Gasteiger partial charge in [0.25, 0.3) is 0 Å². The number of aliphatic imine (C=N–C) groups is 1. The number of nitrogens with one attached hydrogen (secondary N) is 1. The zero-order chi connectivity index (χ0) is 20.6. The number of hydrogen-bond donors (Lipinski definition) is 1. The smallest absolute Gasteiger partial charge is 0.194 e. The molecule has 0 atom stereocenters. The van der Waals surface area contributed by atoms with E-state index in [0.717, 1.165) is 68.7 Å². The number of anilines is 1. The molecule has 7 heteroatoms. The quantitative estimate of drug-likeness (QED) is 0.340. The Hall–Kier alpha value is -2.03. The van der Waals surface area contributed by atoms with Crippen molar-refractivity contribution in [3.8, 4) is 5.75 Å². The van der Waals surface area contributed by atoms with Crippen molar-refractivity contribution < 1.29 is 4.74 Å². The molecule has 168 valence electrons. The van der Waals surface area contributed by atoms with Crippen molar-refractivity contribution in [2.24, 2.45) is 4.99 Å². The number of pyridine rings is 1. The molecule has 2 fully saturated rings. The molecule has 2 aliphatic heterocycles. The Bertz CT molecular complexity index is 800. The van der Waals surface area contributed by atoms with E-state index in [1.807, 2.05) is 36.5 Å². The van der Waals surface area contributed by atoms with E-state index in [1.165, 1.54) is 12.8 Å². The van der Waals surface area contributed by atoms with Crippen LogP contribution in [0.2, 0.25) is 0 Å². The molecule has 1 N–H and O–H groups in total. The van der Waals surface area contributed by atoms with Gasteiger partial charge in [-0.05, 0) is 43.5 Å². The third-order valence-corrected chi connectivity index (χ3v) is 5.77. The molecule has 0 radical (unpaired) electrons. The lowest BCUT2D eigenvalue weighted by Gasteiger charge is -2.34. The van der Waals surface area contributed by atoms with E-state index in [4.69, 9.17) is 9.73 Å². The Labute approximate surface area is 203 Å². The maximum absolute atomic E-state index is 6.13. The first-order chi connectivity index (χ1) is 14.8. The van der Waals surface area contributed by atoms with Crippen LogP contribution in [-0.2, 0) is 6.54 Å². The predicted molar refractivity (Wildman–Crippen MR) is 138 cm³/mol. The molecule has 0 spiro atoms. The molecule has 0 aliphatic carbocycles. The summed E-state index contributed by atoms with van der Waals surface area (Å²) in [4.78, 5) is 14.2. The van der Waals surface area contributed by atoms with Crippen molar-refractivity contribution in [2.75, 3.05) is 37.6 Å². The molecule has 0 unspecified atom stereocenters. The van der Waals surface area contributed by atoms with Gasteiger partial charge in [-0.3, -0.25) is 0 Å². The summed E-state index contributed by atoms with van der Waals surface area (Å²) in [6, 6.07) is 14.4. The first-order valence-electron chi connectivity index (χ1n) is 11.3. The Kier molecular flexibility index (Phi) is 9.24. The number of piperidine rings is 1. The van der Waals surface area contributed by atoms with Crippen LogP contribution in [0.4, 0.5) is 5.82 Å². The molecule has 1 aromatic carbocycles. The third kappa shape index (κ3) is 6.72. The van der Waals surface area contributed by atoms with Crippen LogP contribution in [-0.4, -0.2) is 54.7 Å². The fourth-order valence-electron chi connectivity index (χ4n) is 4.11. The Morgan fingerprint density at radius 3 is 2.45 bits per heavy atom. The molecule has 0 saturated carbocycles. The number of nitrogens with zero attached hydrogens (tertiary/aromatic N) is 4. The fraction of sp³-hybridized carbons (Fsp3) is 0.500. The summed E-state index contributed by atoms with van der Waals surface area (Å²) in [7, 11) is 0. The largest absolute Gasteiger partial charge is 0.490 e. The Morgan fingerprint density at radius 1 is 1.06 bits per heavy atom. The molecular weight excluding hydrogens is 501 g/mol. The van der Waals surface area contributed by atoms with Gasteiger partial charge in [-0.15, -0.1) is 24.0 Å². The highest BCUT2D eigenvalue weighted by Gasteiger charge is 2.22. The van der Waals surface area contributed by atoms with Crippen LogP contribution in [0.5, 0.6) is 5.75 Å². The molecule has 0 amide bonds. The molecule has 1 aromatic heterocycles. The van der Waals surface area contributed by atoms with Gasteiger partial charge in [0.2, 0.25) is 0 Å². The number of halogens is 1. The minimum atomic E-state index is 0. The highest BCUT2D eigenvalue weighted by molar-refractivity contribution is 14.0. The van der Waals surface area contributed by atoms with E-state index in [2.05, 4.69) is 39.2 Å². The summed E-state index contributed by atoms with van der Waals surface area (Å²) < 4.78 is 6.13. The van der Waals surface area contributed by atoms with Crippen molar-refractivity contribution in [2.45, 2.75) is 45.3 Å². The molecule has 2 saturated heterocycles. The standard InChI is InChI=1S/C24H33N5O.HI/c1-2-25-24(27-19-20-10-11-23(26-18-20)28-14-6-7-15-28)29-16-12-22(13-17-29)30-21-8-4-3-5-9-21;/h3-5,8-11,18,22H,2,6-7,12-17,19H2,1H3,(H,25,27);1H. The maximum atomic E-state index is 6.13. The second-order valence-corrected chi connectivity index (χ2v) is 8.01. The van der Waals surface area contributed by atoms with E-state index in [-0.39, 0.29) is 30.1 Å². The first kappa shape index (κ1) is 23.6. The lowest BCUT2D eigenvalue weighted by atomic mass is 10.1. The number of ether oxygens (including phenoxy) is 1. The molecule has 2 aliphatic rings. The first-order valence-corrected chi connectivity index (χ1v) is 11.3. The van der Waals surface area contributed by atoms with Crippen LogP contribution < -0.4 is 15.0 Å². The average molecular weight is 535 g/mol. The van der Waals surface area contributed by atoms with Crippen molar-refractivity contribution in [3.63, 3.8) is 0 Å². The molecule has 3 heterocycles. The molecule has 2 aromatic rings. The summed E-state index contributed by atoms with van der Waals surface area (Å²) >= 11 is 0. The minimum Gasteiger partial charge on any atom is -0.490 e. The Balaban J connectivity index is 0.00000272. The predicted octanol–water partition coefficient (Wildman–Crippen LogP) is 4.31. The number of guanidine groups is 1. The highest BCUT2D eigenvalue weighted by atomic mass is 127. The van der Waals surface area contributed by atoms with E-state index in [1.54, 1.807) is 0 Å². The van der Waals surface area contributed by atoms with Crippen LogP contribution in [0.1, 0.15) is 38.2 Å². The highest BCUT2D eigenvalue weighted by Crippen LogP contribution is 2.20. The van der Waals surface area contributed by atoms with Gasteiger partial charge in [-0.25, -0.2) is 9.98 Å². The maximum Gasteiger partial charge on any atom is 0.194 e. The lowest BCUT2D eigenvalue weighted by molar-refractivity contribution is 0.129. The van der Waals surface area contributed by atoms with Gasteiger partial charge < -0.3 is 19.9 Å². The summed E-state index contributed by atoms with van der Waals surface area (Å²) in [6.45, 7) is 7.79. The second kappa shape index (κ2) is 12.1. The third-order valence-electron chi connectivity index (χ3n) is 5.77. The summed E-state index contributed by atoms with van der Waals surface area (Å²) in [5.74, 6) is 3.04. The summed E-state index contributed by atoms with van der Waals surface area (Å²) in [5.41, 5.74) is 1.15. The van der Waals surface area contributed by atoms with Crippen molar-refractivity contribution in [1.29, 1.82) is 0 Å². The number of rotatable bonds is 6.